The highest BCUT2D eigenvalue weighted by Crippen LogP contribution is 2.24. The van der Waals surface area contributed by atoms with E-state index in [1.807, 2.05) is 30.3 Å². The highest BCUT2D eigenvalue weighted by molar-refractivity contribution is 5.78. The van der Waals surface area contributed by atoms with E-state index in [2.05, 4.69) is 15.5 Å². The second kappa shape index (κ2) is 7.06. The van der Waals surface area contributed by atoms with Gasteiger partial charge >= 0.3 is 6.08 Å². The highest BCUT2D eigenvalue weighted by atomic mass is 16.6. The molecule has 1 aromatic heterocycles. The van der Waals surface area contributed by atoms with E-state index in [1.54, 1.807) is 0 Å². The molecule has 1 aliphatic rings. The number of ether oxygens (including phenoxy) is 1. The van der Waals surface area contributed by atoms with Crippen LogP contribution in [0.2, 0.25) is 0 Å². The maximum absolute atomic E-state index is 11.8. The van der Waals surface area contributed by atoms with Crippen LogP contribution in [0.15, 0.2) is 34.7 Å². The van der Waals surface area contributed by atoms with Gasteiger partial charge in [-0.25, -0.2) is 0 Å². The lowest BCUT2D eigenvalue weighted by Crippen LogP contribution is -2.32. The van der Waals surface area contributed by atoms with Crippen LogP contribution in [0.4, 0.5) is 0 Å². The van der Waals surface area contributed by atoms with Crippen LogP contribution in [0, 0.1) is 5.92 Å². The third-order valence-corrected chi connectivity index (χ3v) is 3.78. The number of nitrogens with one attached hydrogen (secondary N) is 1. The monoisotopic (exact) mass is 301 g/mol. The summed E-state index contributed by atoms with van der Waals surface area (Å²) in [7, 11) is 0. The van der Waals surface area contributed by atoms with Gasteiger partial charge in [0.25, 0.3) is 5.89 Å². The molecule has 0 radical (unpaired) electrons. The molecular weight excluding hydrogens is 282 g/mol. The van der Waals surface area contributed by atoms with E-state index in [-0.39, 0.29) is 17.9 Å². The predicted molar refractivity (Wildman–Crippen MR) is 80.2 cm³/mol. The molecule has 6 heteroatoms. The van der Waals surface area contributed by atoms with Crippen LogP contribution in [0.25, 0.3) is 11.5 Å². The van der Waals surface area contributed by atoms with Crippen molar-refractivity contribution in [3.8, 4) is 17.5 Å². The molecule has 0 atom stereocenters. The van der Waals surface area contributed by atoms with Crippen LogP contribution in [-0.4, -0.2) is 29.3 Å². The summed E-state index contributed by atoms with van der Waals surface area (Å²) in [5.74, 6) is 0.718. The second-order valence-corrected chi connectivity index (χ2v) is 5.36. The minimum Gasteiger partial charge on any atom is -0.447 e. The lowest BCUT2D eigenvalue weighted by atomic mass is 10.1. The van der Waals surface area contributed by atoms with Crippen LogP contribution in [0.1, 0.15) is 25.7 Å². The molecule has 0 saturated heterocycles. The third kappa shape index (κ3) is 3.63. The molecule has 116 valence electrons. The normalized spacial score (nSPS) is 14.9. The van der Waals surface area contributed by atoms with E-state index >= 15 is 0 Å². The Morgan fingerprint density at radius 1 is 1.23 bits per heavy atom. The summed E-state index contributed by atoms with van der Waals surface area (Å²) in [6, 6.07) is 9.50. The van der Waals surface area contributed by atoms with E-state index in [4.69, 9.17) is 9.15 Å². The molecule has 1 aromatic carbocycles. The quantitative estimate of drug-likeness (QED) is 0.829. The van der Waals surface area contributed by atoms with Crippen LogP contribution < -0.4 is 10.1 Å². The average molecular weight is 301 g/mol. The topological polar surface area (TPSA) is 77.2 Å². The number of rotatable bonds is 6. The van der Waals surface area contributed by atoms with Gasteiger partial charge in [0.1, 0.15) is 6.61 Å². The Hall–Kier alpha value is -2.37. The summed E-state index contributed by atoms with van der Waals surface area (Å²) in [4.78, 5) is 11.8. The van der Waals surface area contributed by atoms with Gasteiger partial charge < -0.3 is 14.5 Å². The number of benzene rings is 1. The predicted octanol–water partition coefficient (Wildman–Crippen LogP) is 2.42. The number of hydrogen-bond acceptors (Lipinski definition) is 5. The minimum atomic E-state index is 0.119. The van der Waals surface area contributed by atoms with Gasteiger partial charge in [-0.2, -0.15) is 0 Å². The second-order valence-electron chi connectivity index (χ2n) is 5.36. The van der Waals surface area contributed by atoms with E-state index < -0.39 is 0 Å². The Balaban J connectivity index is 1.42. The first-order chi connectivity index (χ1) is 10.8. The molecule has 2 aromatic rings. The fraction of sp³-hybridized carbons (Fsp3) is 0.438. The Bertz CT molecular complexity index is 606. The Labute approximate surface area is 128 Å². The van der Waals surface area contributed by atoms with Gasteiger partial charge in [0, 0.05) is 11.5 Å². The van der Waals surface area contributed by atoms with Crippen molar-refractivity contribution in [1.82, 2.24) is 15.5 Å². The molecule has 6 nitrogen and oxygen atoms in total. The van der Waals surface area contributed by atoms with E-state index in [0.29, 0.717) is 19.0 Å². The molecule has 22 heavy (non-hydrogen) atoms. The molecule has 0 spiro atoms. The average Bonchev–Trinajstić information content (AvgIpc) is 3.24. The third-order valence-electron chi connectivity index (χ3n) is 3.78. The van der Waals surface area contributed by atoms with Crippen LogP contribution in [0.5, 0.6) is 6.08 Å². The van der Waals surface area contributed by atoms with Crippen molar-refractivity contribution in [2.45, 2.75) is 25.7 Å². The molecular formula is C16H19N3O3. The zero-order valence-corrected chi connectivity index (χ0v) is 12.3. The summed E-state index contributed by atoms with van der Waals surface area (Å²) < 4.78 is 10.8. The zero-order chi connectivity index (χ0) is 15.2. The largest absolute Gasteiger partial charge is 0.447 e. The molecule has 3 rings (SSSR count). The first-order valence-corrected chi connectivity index (χ1v) is 7.62. The van der Waals surface area contributed by atoms with Gasteiger partial charge in [-0.15, -0.1) is 5.10 Å². The molecule has 1 N–H and O–H groups in total. The molecule has 0 unspecified atom stereocenters. The summed E-state index contributed by atoms with van der Waals surface area (Å²) in [5.41, 5.74) is 0.847. The minimum absolute atomic E-state index is 0.119. The highest BCUT2D eigenvalue weighted by Gasteiger charge is 2.22. The molecule has 1 saturated carbocycles. The van der Waals surface area contributed by atoms with E-state index in [0.717, 1.165) is 31.2 Å². The van der Waals surface area contributed by atoms with Gasteiger partial charge in [0.05, 0.1) is 6.54 Å². The van der Waals surface area contributed by atoms with Gasteiger partial charge in [-0.3, -0.25) is 4.79 Å². The molecule has 0 aliphatic heterocycles. The number of amides is 1. The van der Waals surface area contributed by atoms with Crippen molar-refractivity contribution in [2.24, 2.45) is 5.92 Å². The summed E-state index contributed by atoms with van der Waals surface area (Å²) in [6.07, 6.45) is 4.42. The maximum atomic E-state index is 11.8. The first kappa shape index (κ1) is 14.6. The molecule has 1 aliphatic carbocycles. The van der Waals surface area contributed by atoms with Crippen molar-refractivity contribution in [2.75, 3.05) is 13.2 Å². The fourth-order valence-electron chi connectivity index (χ4n) is 2.61. The smallest absolute Gasteiger partial charge is 0.414 e. The van der Waals surface area contributed by atoms with E-state index in [1.165, 1.54) is 0 Å². The number of nitrogens with zero attached hydrogens (tertiary/aromatic N) is 2. The maximum Gasteiger partial charge on any atom is 0.414 e. The van der Waals surface area contributed by atoms with Gasteiger partial charge in [0.15, 0.2) is 0 Å². The number of aromatic nitrogens is 2. The lowest BCUT2D eigenvalue weighted by Gasteiger charge is -2.09. The van der Waals surface area contributed by atoms with Gasteiger partial charge in [0.2, 0.25) is 5.91 Å². The Kier molecular flexibility index (Phi) is 4.68. The van der Waals surface area contributed by atoms with Crippen LogP contribution in [-0.2, 0) is 4.79 Å². The fourth-order valence-corrected chi connectivity index (χ4v) is 2.61. The SMILES string of the molecule is O=C(NCCOc1nnc(-c2ccccc2)o1)C1CCCC1. The van der Waals surface area contributed by atoms with Crippen molar-refractivity contribution in [3.05, 3.63) is 30.3 Å². The zero-order valence-electron chi connectivity index (χ0n) is 12.3. The van der Waals surface area contributed by atoms with Crippen molar-refractivity contribution in [3.63, 3.8) is 0 Å². The number of carbonyl (C=O) groups excluding carboxylic acids is 1. The molecule has 1 heterocycles. The summed E-state index contributed by atoms with van der Waals surface area (Å²) in [6.45, 7) is 0.757. The van der Waals surface area contributed by atoms with E-state index in [9.17, 15) is 4.79 Å². The summed E-state index contributed by atoms with van der Waals surface area (Å²) >= 11 is 0. The first-order valence-electron chi connectivity index (χ1n) is 7.62. The van der Waals surface area contributed by atoms with Crippen molar-refractivity contribution < 1.29 is 13.9 Å². The number of hydrogen-bond donors (Lipinski definition) is 1. The van der Waals surface area contributed by atoms with Gasteiger partial charge in [-0.05, 0) is 25.0 Å². The van der Waals surface area contributed by atoms with Crippen LogP contribution >= 0.6 is 0 Å². The molecule has 1 amide bonds. The lowest BCUT2D eigenvalue weighted by molar-refractivity contribution is -0.124. The molecule has 0 bridgehead atoms. The molecule has 1 fully saturated rings. The van der Waals surface area contributed by atoms with Crippen LogP contribution in [0.3, 0.4) is 0 Å². The Morgan fingerprint density at radius 2 is 2.00 bits per heavy atom. The number of carbonyl (C=O) groups is 1. The van der Waals surface area contributed by atoms with Crippen molar-refractivity contribution >= 4 is 5.91 Å². The van der Waals surface area contributed by atoms with Crippen molar-refractivity contribution in [1.29, 1.82) is 0 Å². The summed E-state index contributed by atoms with van der Waals surface area (Å²) in [5, 5.41) is 10.6. The standard InChI is InChI=1S/C16H19N3O3/c20-14(12-6-4-5-7-12)17-10-11-21-16-19-18-15(22-16)13-8-2-1-3-9-13/h1-3,8-9,12H,4-7,10-11H2,(H,17,20). The Morgan fingerprint density at radius 3 is 2.77 bits per heavy atom. The van der Waals surface area contributed by atoms with Gasteiger partial charge in [-0.1, -0.05) is 36.1 Å².